The summed E-state index contributed by atoms with van der Waals surface area (Å²) >= 11 is 0. The second-order valence-corrected chi connectivity index (χ2v) is 3.77. The van der Waals surface area contributed by atoms with Crippen LogP contribution < -0.4 is 5.32 Å². The maximum Gasteiger partial charge on any atom is 0.236 e. The molecular formula is C11H24N2O. The molecule has 0 unspecified atom stereocenters. The maximum atomic E-state index is 11.3. The van der Waals surface area contributed by atoms with Crippen molar-refractivity contribution in [3.05, 3.63) is 0 Å². The second kappa shape index (κ2) is 6.82. The first-order valence-electron chi connectivity index (χ1n) is 5.55. The first-order chi connectivity index (χ1) is 6.65. The zero-order chi connectivity index (χ0) is 11.1. The number of nitrogens with one attached hydrogen (secondary N) is 1. The maximum absolute atomic E-state index is 11.3. The third-order valence-corrected chi connectivity index (χ3v) is 2.62. The van der Waals surface area contributed by atoms with Gasteiger partial charge in [0, 0.05) is 13.1 Å². The molecule has 0 aromatic rings. The van der Waals surface area contributed by atoms with Gasteiger partial charge in [-0.2, -0.15) is 0 Å². The van der Waals surface area contributed by atoms with Crippen molar-refractivity contribution < 1.29 is 4.79 Å². The van der Waals surface area contributed by atoms with E-state index in [0.29, 0.717) is 12.6 Å². The van der Waals surface area contributed by atoms with Crippen LogP contribution in [0.2, 0.25) is 0 Å². The van der Waals surface area contributed by atoms with E-state index in [1.807, 2.05) is 25.8 Å². The van der Waals surface area contributed by atoms with Gasteiger partial charge in [0.2, 0.25) is 5.91 Å². The molecule has 0 radical (unpaired) electrons. The zero-order valence-corrected chi connectivity index (χ0v) is 10.1. The predicted molar refractivity (Wildman–Crippen MR) is 60.2 cm³/mol. The molecule has 1 rings (SSSR count). The van der Waals surface area contributed by atoms with Crippen molar-refractivity contribution in [1.82, 2.24) is 10.2 Å². The van der Waals surface area contributed by atoms with Gasteiger partial charge in [-0.15, -0.1) is 0 Å². The average molecular weight is 200 g/mol. The van der Waals surface area contributed by atoms with Gasteiger partial charge in [-0.25, -0.2) is 0 Å². The Morgan fingerprint density at radius 3 is 2.29 bits per heavy atom. The highest BCUT2D eigenvalue weighted by Crippen LogP contribution is 2.30. The van der Waals surface area contributed by atoms with E-state index in [2.05, 4.69) is 12.2 Å². The number of carbonyl (C=O) groups is 1. The quantitative estimate of drug-likeness (QED) is 0.748. The molecule has 0 atom stereocenters. The Labute approximate surface area is 87.9 Å². The summed E-state index contributed by atoms with van der Waals surface area (Å²) in [6, 6.07) is 0.501. The molecule has 0 heterocycles. The molecule has 0 spiro atoms. The van der Waals surface area contributed by atoms with Crippen LogP contribution in [0.25, 0.3) is 0 Å². The molecule has 1 aliphatic carbocycles. The lowest BCUT2D eigenvalue weighted by molar-refractivity contribution is -0.133. The van der Waals surface area contributed by atoms with E-state index in [1.54, 1.807) is 7.05 Å². The fraction of sp³-hybridized carbons (Fsp3) is 0.909. The largest absolute Gasteiger partial charge is 0.342 e. The number of nitrogens with zero attached hydrogens (tertiary/aromatic N) is 1. The van der Waals surface area contributed by atoms with Crippen LogP contribution >= 0.6 is 0 Å². The Bertz CT molecular complexity index is 165. The van der Waals surface area contributed by atoms with E-state index in [1.165, 1.54) is 12.8 Å². The minimum absolute atomic E-state index is 0.203. The predicted octanol–water partition coefficient (Wildman–Crippen LogP) is 1.49. The summed E-state index contributed by atoms with van der Waals surface area (Å²) in [7, 11) is 3.70. The third-order valence-electron chi connectivity index (χ3n) is 2.62. The van der Waals surface area contributed by atoms with Crippen LogP contribution in [0.1, 0.15) is 33.6 Å². The number of hydrogen-bond donors (Lipinski definition) is 1. The lowest BCUT2D eigenvalue weighted by atomic mass is 9.81. The molecule has 0 aromatic carbocycles. The molecule has 14 heavy (non-hydrogen) atoms. The molecule has 1 aliphatic rings. The number of amides is 1. The third kappa shape index (κ3) is 3.66. The lowest BCUT2D eigenvalue weighted by Crippen LogP contribution is -2.47. The summed E-state index contributed by atoms with van der Waals surface area (Å²) in [6.45, 7) is 6.69. The Morgan fingerprint density at radius 1 is 1.43 bits per heavy atom. The van der Waals surface area contributed by atoms with Crippen LogP contribution in [0.5, 0.6) is 0 Å². The topological polar surface area (TPSA) is 32.3 Å². The summed E-state index contributed by atoms with van der Waals surface area (Å²) in [5.41, 5.74) is 0. The minimum Gasteiger partial charge on any atom is -0.342 e. The Balaban J connectivity index is 0.000000791. The van der Waals surface area contributed by atoms with E-state index < -0.39 is 0 Å². The molecule has 0 saturated heterocycles. The number of hydrogen-bond acceptors (Lipinski definition) is 2. The molecule has 0 aromatic heterocycles. The van der Waals surface area contributed by atoms with Crippen molar-refractivity contribution in [1.29, 1.82) is 0 Å². The fourth-order valence-electron chi connectivity index (χ4n) is 1.66. The van der Waals surface area contributed by atoms with Crippen molar-refractivity contribution in [3.63, 3.8) is 0 Å². The van der Waals surface area contributed by atoms with E-state index in [-0.39, 0.29) is 5.91 Å². The van der Waals surface area contributed by atoms with Gasteiger partial charge < -0.3 is 10.2 Å². The normalized spacial score (nSPS) is 24.4. The van der Waals surface area contributed by atoms with E-state index >= 15 is 0 Å². The van der Waals surface area contributed by atoms with Gasteiger partial charge in [-0.05, 0) is 25.8 Å². The van der Waals surface area contributed by atoms with Gasteiger partial charge in [0.15, 0.2) is 0 Å². The van der Waals surface area contributed by atoms with Crippen molar-refractivity contribution >= 4 is 5.91 Å². The van der Waals surface area contributed by atoms with Crippen LogP contribution in [0.15, 0.2) is 0 Å². The second-order valence-electron chi connectivity index (χ2n) is 3.77. The summed E-state index contributed by atoms with van der Waals surface area (Å²) in [5, 5.41) is 2.87. The van der Waals surface area contributed by atoms with Crippen molar-refractivity contribution in [2.75, 3.05) is 20.6 Å². The van der Waals surface area contributed by atoms with Gasteiger partial charge >= 0.3 is 0 Å². The Hall–Kier alpha value is -0.570. The van der Waals surface area contributed by atoms with Gasteiger partial charge in [0.1, 0.15) is 0 Å². The molecule has 0 aliphatic heterocycles. The van der Waals surface area contributed by atoms with E-state index in [4.69, 9.17) is 0 Å². The molecule has 1 saturated carbocycles. The summed E-state index contributed by atoms with van der Waals surface area (Å²) in [6.07, 6.45) is 2.35. The number of rotatable bonds is 3. The molecule has 3 nitrogen and oxygen atoms in total. The molecule has 84 valence electrons. The number of carbonyl (C=O) groups excluding carboxylic acids is 1. The molecule has 1 N–H and O–H groups in total. The first kappa shape index (κ1) is 13.4. The summed E-state index contributed by atoms with van der Waals surface area (Å²) in [4.78, 5) is 13.2. The van der Waals surface area contributed by atoms with Gasteiger partial charge in [0.25, 0.3) is 0 Å². The van der Waals surface area contributed by atoms with Gasteiger partial charge in [0.05, 0.1) is 6.54 Å². The van der Waals surface area contributed by atoms with E-state index in [9.17, 15) is 4.79 Å². The zero-order valence-electron chi connectivity index (χ0n) is 10.1. The van der Waals surface area contributed by atoms with Crippen molar-refractivity contribution in [3.8, 4) is 0 Å². The molecule has 3 heteroatoms. The average Bonchev–Trinajstić information content (AvgIpc) is 2.15. The Kier molecular flexibility index (Phi) is 6.54. The summed E-state index contributed by atoms with van der Waals surface area (Å²) < 4.78 is 0. The van der Waals surface area contributed by atoms with Crippen LogP contribution in [0, 0.1) is 5.92 Å². The highest BCUT2D eigenvalue weighted by Gasteiger charge is 2.30. The molecule has 1 fully saturated rings. The summed E-state index contributed by atoms with van der Waals surface area (Å²) in [5.74, 6) is 1.01. The number of likely N-dealkylation sites (N-methyl/N-ethyl adjacent to an activating group) is 2. The van der Waals surface area contributed by atoms with Crippen LogP contribution in [-0.4, -0.2) is 37.5 Å². The Morgan fingerprint density at radius 2 is 1.93 bits per heavy atom. The monoisotopic (exact) mass is 200 g/mol. The SMILES string of the molecule is CC.CNCC(=O)N(C)C1CC(C)C1. The van der Waals surface area contributed by atoms with Crippen LogP contribution in [0.3, 0.4) is 0 Å². The smallest absolute Gasteiger partial charge is 0.236 e. The van der Waals surface area contributed by atoms with Crippen molar-refractivity contribution in [2.45, 2.75) is 39.7 Å². The minimum atomic E-state index is 0.203. The van der Waals surface area contributed by atoms with E-state index in [0.717, 1.165) is 5.92 Å². The molecular weight excluding hydrogens is 176 g/mol. The highest BCUT2D eigenvalue weighted by molar-refractivity contribution is 5.78. The van der Waals surface area contributed by atoms with Crippen molar-refractivity contribution in [2.24, 2.45) is 5.92 Å². The van der Waals surface area contributed by atoms with Crippen LogP contribution in [0.4, 0.5) is 0 Å². The van der Waals surface area contributed by atoms with Gasteiger partial charge in [-0.1, -0.05) is 20.8 Å². The standard InChI is InChI=1S/C9H18N2O.C2H6/c1-7-4-8(5-7)11(3)9(12)6-10-2;1-2/h7-8,10H,4-6H2,1-3H3;1-2H3. The first-order valence-corrected chi connectivity index (χ1v) is 5.55. The van der Waals surface area contributed by atoms with Gasteiger partial charge in [-0.3, -0.25) is 4.79 Å². The van der Waals surface area contributed by atoms with Crippen LogP contribution in [-0.2, 0) is 4.79 Å². The fourth-order valence-corrected chi connectivity index (χ4v) is 1.66. The lowest BCUT2D eigenvalue weighted by Gasteiger charge is -2.39. The molecule has 1 amide bonds. The highest BCUT2D eigenvalue weighted by atomic mass is 16.2. The molecule has 0 bridgehead atoms.